The Labute approximate surface area is 87.8 Å². The van der Waals surface area contributed by atoms with Gasteiger partial charge in [0.1, 0.15) is 0 Å². The fourth-order valence-corrected chi connectivity index (χ4v) is 2.86. The van der Waals surface area contributed by atoms with Crippen LogP contribution in [0.2, 0.25) is 0 Å². The average molecular weight is 246 g/mol. The molecule has 1 aliphatic carbocycles. The number of alkyl halides is 1. The first-order valence-corrected chi connectivity index (χ1v) is 5.99. The summed E-state index contributed by atoms with van der Waals surface area (Å²) in [6.45, 7) is 4.03. The Morgan fingerprint density at radius 3 is 2.38 bits per heavy atom. The number of nitrogens with zero attached hydrogens (tertiary/aromatic N) is 1. The van der Waals surface area contributed by atoms with Crippen LogP contribution in [-0.2, 0) is 4.79 Å². The standard InChI is InChI=1S/C10H16BrNO/c1-10(7-8(10)11)9(13)12-5-3-2-4-6-12/h8H,2-7H2,1H3. The third kappa shape index (κ3) is 1.63. The van der Waals surface area contributed by atoms with Gasteiger partial charge in [0.05, 0.1) is 5.41 Å². The van der Waals surface area contributed by atoms with E-state index in [1.54, 1.807) is 0 Å². The van der Waals surface area contributed by atoms with Gasteiger partial charge in [-0.25, -0.2) is 0 Å². The molecule has 2 unspecified atom stereocenters. The monoisotopic (exact) mass is 245 g/mol. The molecule has 2 nitrogen and oxygen atoms in total. The minimum atomic E-state index is -0.0721. The molecule has 0 radical (unpaired) electrons. The van der Waals surface area contributed by atoms with Crippen molar-refractivity contribution in [3.05, 3.63) is 0 Å². The van der Waals surface area contributed by atoms with Crippen molar-refractivity contribution < 1.29 is 4.79 Å². The van der Waals surface area contributed by atoms with E-state index in [-0.39, 0.29) is 5.41 Å². The summed E-state index contributed by atoms with van der Waals surface area (Å²) in [6.07, 6.45) is 4.68. The molecule has 1 aliphatic heterocycles. The molecule has 2 fully saturated rings. The minimum absolute atomic E-state index is 0.0721. The molecule has 74 valence electrons. The van der Waals surface area contributed by atoms with Gasteiger partial charge in [0.25, 0.3) is 0 Å². The van der Waals surface area contributed by atoms with E-state index in [4.69, 9.17) is 0 Å². The molecule has 0 bridgehead atoms. The van der Waals surface area contributed by atoms with Crippen LogP contribution in [0, 0.1) is 5.41 Å². The number of rotatable bonds is 1. The maximum atomic E-state index is 12.0. The number of carbonyl (C=O) groups excluding carboxylic acids is 1. The van der Waals surface area contributed by atoms with Crippen LogP contribution < -0.4 is 0 Å². The summed E-state index contributed by atoms with van der Waals surface area (Å²) in [4.78, 5) is 14.5. The zero-order valence-corrected chi connectivity index (χ0v) is 9.64. The fourth-order valence-electron chi connectivity index (χ4n) is 1.99. The lowest BCUT2D eigenvalue weighted by atomic mass is 10.1. The van der Waals surface area contributed by atoms with Crippen molar-refractivity contribution in [3.63, 3.8) is 0 Å². The lowest BCUT2D eigenvalue weighted by Gasteiger charge is -2.29. The van der Waals surface area contributed by atoms with E-state index >= 15 is 0 Å². The minimum Gasteiger partial charge on any atom is -0.342 e. The van der Waals surface area contributed by atoms with Crippen LogP contribution in [0.5, 0.6) is 0 Å². The first-order chi connectivity index (χ1) is 6.14. The molecule has 1 heterocycles. The predicted octanol–water partition coefficient (Wildman–Crippen LogP) is 2.17. The highest BCUT2D eigenvalue weighted by molar-refractivity contribution is 9.09. The van der Waals surface area contributed by atoms with E-state index in [2.05, 4.69) is 22.9 Å². The summed E-state index contributed by atoms with van der Waals surface area (Å²) in [6, 6.07) is 0. The smallest absolute Gasteiger partial charge is 0.229 e. The summed E-state index contributed by atoms with van der Waals surface area (Å²) in [5.74, 6) is 0.370. The lowest BCUT2D eigenvalue weighted by molar-refractivity contribution is -0.137. The number of halogens is 1. The summed E-state index contributed by atoms with van der Waals surface area (Å²) in [5.41, 5.74) is -0.0721. The Hall–Kier alpha value is -0.0500. The Morgan fingerprint density at radius 2 is 1.92 bits per heavy atom. The Kier molecular flexibility index (Phi) is 2.39. The van der Waals surface area contributed by atoms with Crippen LogP contribution in [0.4, 0.5) is 0 Å². The summed E-state index contributed by atoms with van der Waals surface area (Å²) in [5, 5.41) is 0. The van der Waals surface area contributed by atoms with Gasteiger partial charge in [0.2, 0.25) is 5.91 Å². The Bertz CT molecular complexity index is 225. The number of hydrogen-bond donors (Lipinski definition) is 0. The molecule has 13 heavy (non-hydrogen) atoms. The van der Waals surface area contributed by atoms with Crippen molar-refractivity contribution in [1.82, 2.24) is 4.90 Å². The van der Waals surface area contributed by atoms with E-state index in [0.29, 0.717) is 10.7 Å². The second kappa shape index (κ2) is 3.26. The average Bonchev–Trinajstić information content (AvgIpc) is 2.76. The maximum Gasteiger partial charge on any atom is 0.229 e. The third-order valence-electron chi connectivity index (χ3n) is 3.27. The van der Waals surface area contributed by atoms with Crippen molar-refractivity contribution in [3.8, 4) is 0 Å². The van der Waals surface area contributed by atoms with Crippen molar-refractivity contribution in [2.24, 2.45) is 5.41 Å². The molecular formula is C10H16BrNO. The molecular weight excluding hydrogens is 230 g/mol. The molecule has 0 aromatic carbocycles. The highest BCUT2D eigenvalue weighted by Gasteiger charge is 2.56. The molecule has 2 aliphatic rings. The molecule has 0 N–H and O–H groups in total. The molecule has 2 atom stereocenters. The summed E-state index contributed by atoms with van der Waals surface area (Å²) < 4.78 is 0. The topological polar surface area (TPSA) is 20.3 Å². The second-order valence-corrected chi connectivity index (χ2v) is 5.55. The number of piperidine rings is 1. The van der Waals surface area contributed by atoms with Crippen molar-refractivity contribution >= 4 is 21.8 Å². The summed E-state index contributed by atoms with van der Waals surface area (Å²) in [7, 11) is 0. The molecule has 1 amide bonds. The van der Waals surface area contributed by atoms with Crippen molar-refractivity contribution in [2.45, 2.75) is 37.4 Å². The van der Waals surface area contributed by atoms with Crippen LogP contribution in [0.15, 0.2) is 0 Å². The summed E-state index contributed by atoms with van der Waals surface area (Å²) >= 11 is 3.52. The number of hydrogen-bond acceptors (Lipinski definition) is 1. The second-order valence-electron chi connectivity index (χ2n) is 4.44. The number of amides is 1. The van der Waals surface area contributed by atoms with E-state index in [1.165, 1.54) is 19.3 Å². The van der Waals surface area contributed by atoms with Gasteiger partial charge >= 0.3 is 0 Å². The van der Waals surface area contributed by atoms with Gasteiger partial charge in [-0.15, -0.1) is 0 Å². The van der Waals surface area contributed by atoms with Gasteiger partial charge in [-0.05, 0) is 32.6 Å². The molecule has 1 saturated heterocycles. The van der Waals surface area contributed by atoms with Gasteiger partial charge in [-0.2, -0.15) is 0 Å². The zero-order valence-electron chi connectivity index (χ0n) is 8.05. The largest absolute Gasteiger partial charge is 0.342 e. The highest BCUT2D eigenvalue weighted by atomic mass is 79.9. The molecule has 0 spiro atoms. The third-order valence-corrected chi connectivity index (χ3v) is 4.60. The van der Waals surface area contributed by atoms with Gasteiger partial charge in [0, 0.05) is 17.9 Å². The fraction of sp³-hybridized carbons (Fsp3) is 0.900. The number of carbonyl (C=O) groups is 1. The predicted molar refractivity (Wildman–Crippen MR) is 55.9 cm³/mol. The molecule has 2 rings (SSSR count). The molecule has 1 saturated carbocycles. The van der Waals surface area contributed by atoms with Gasteiger partial charge in [0.15, 0.2) is 0 Å². The highest BCUT2D eigenvalue weighted by Crippen LogP contribution is 2.52. The Balaban J connectivity index is 1.96. The van der Waals surface area contributed by atoms with E-state index in [1.807, 2.05) is 4.90 Å². The van der Waals surface area contributed by atoms with Gasteiger partial charge < -0.3 is 4.90 Å². The van der Waals surface area contributed by atoms with Gasteiger partial charge in [-0.1, -0.05) is 15.9 Å². The zero-order chi connectivity index (χ0) is 9.47. The molecule has 0 aromatic rings. The SMILES string of the molecule is CC1(C(=O)N2CCCCC2)CC1Br. The van der Waals surface area contributed by atoms with Crippen LogP contribution >= 0.6 is 15.9 Å². The van der Waals surface area contributed by atoms with Crippen LogP contribution in [-0.4, -0.2) is 28.7 Å². The van der Waals surface area contributed by atoms with Crippen molar-refractivity contribution in [2.75, 3.05) is 13.1 Å². The van der Waals surface area contributed by atoms with E-state index in [9.17, 15) is 4.79 Å². The first kappa shape index (κ1) is 9.50. The quantitative estimate of drug-likeness (QED) is 0.649. The normalized spacial score (nSPS) is 38.9. The van der Waals surface area contributed by atoms with Crippen molar-refractivity contribution in [1.29, 1.82) is 0 Å². The molecule has 3 heteroatoms. The van der Waals surface area contributed by atoms with Gasteiger partial charge in [-0.3, -0.25) is 4.79 Å². The Morgan fingerprint density at radius 1 is 1.38 bits per heavy atom. The first-order valence-electron chi connectivity index (χ1n) is 5.08. The molecule has 0 aromatic heterocycles. The van der Waals surface area contributed by atoms with Crippen LogP contribution in [0.25, 0.3) is 0 Å². The maximum absolute atomic E-state index is 12.0. The van der Waals surface area contributed by atoms with Crippen LogP contribution in [0.1, 0.15) is 32.6 Å². The lowest BCUT2D eigenvalue weighted by Crippen LogP contribution is -2.40. The van der Waals surface area contributed by atoms with E-state index in [0.717, 1.165) is 19.5 Å². The van der Waals surface area contributed by atoms with Crippen LogP contribution in [0.3, 0.4) is 0 Å². The number of likely N-dealkylation sites (tertiary alicyclic amines) is 1. The van der Waals surface area contributed by atoms with E-state index < -0.39 is 0 Å².